The molecular weight excluding hydrogens is 356 g/mol. The molecule has 6 heteroatoms. The van der Waals surface area contributed by atoms with Gasteiger partial charge in [0.2, 0.25) is 6.10 Å². The van der Waals surface area contributed by atoms with Crippen LogP contribution in [-0.2, 0) is 4.79 Å². The minimum atomic E-state index is -0.894. The van der Waals surface area contributed by atoms with Crippen molar-refractivity contribution in [1.82, 2.24) is 5.43 Å². The normalized spacial score (nSPS) is 18.0. The fourth-order valence-electron chi connectivity index (χ4n) is 2.91. The molecule has 1 heterocycles. The molecule has 0 bridgehead atoms. The Hall–Kier alpha value is -3.80. The minimum Gasteiger partial charge on any atom is -0.508 e. The number of hydrazone groups is 1. The standard InChI is InChI=1S/C22H18N2O4/c25-17-12-10-15(11-13-17)14-23-24-22(26)21-20(16-6-2-1-3-7-16)27-18-8-4-5-9-19(18)28-21/h1-14,20-21,25H,(H,24,26)/b23-14-/t20-,21-/m0/s1. The van der Waals surface area contributed by atoms with Gasteiger partial charge in [0.15, 0.2) is 17.6 Å². The number of hydrogen-bond donors (Lipinski definition) is 2. The molecule has 3 aromatic rings. The fourth-order valence-corrected chi connectivity index (χ4v) is 2.91. The zero-order valence-corrected chi connectivity index (χ0v) is 14.9. The Labute approximate surface area is 162 Å². The number of fused-ring (bicyclic) bond motifs is 1. The molecule has 1 aliphatic rings. The number of carbonyl (C=O) groups is 1. The number of nitrogens with one attached hydrogen (secondary N) is 1. The topological polar surface area (TPSA) is 80.2 Å². The lowest BCUT2D eigenvalue weighted by Gasteiger charge is -2.32. The second-order valence-electron chi connectivity index (χ2n) is 6.26. The number of carbonyl (C=O) groups excluding carboxylic acids is 1. The molecular formula is C22H18N2O4. The molecule has 140 valence electrons. The number of benzene rings is 3. The number of rotatable bonds is 4. The number of ether oxygens (including phenoxy) is 2. The van der Waals surface area contributed by atoms with Gasteiger partial charge in [0.25, 0.3) is 5.91 Å². The number of amides is 1. The van der Waals surface area contributed by atoms with Crippen LogP contribution in [0.4, 0.5) is 0 Å². The molecule has 4 rings (SSSR count). The van der Waals surface area contributed by atoms with Crippen molar-refractivity contribution in [3.63, 3.8) is 0 Å². The molecule has 1 amide bonds. The number of phenolic OH excluding ortho intramolecular Hbond substituents is 1. The lowest BCUT2D eigenvalue weighted by molar-refractivity contribution is -0.134. The third-order valence-corrected chi connectivity index (χ3v) is 4.30. The zero-order chi connectivity index (χ0) is 19.3. The number of nitrogens with zero attached hydrogens (tertiary/aromatic N) is 1. The van der Waals surface area contributed by atoms with Gasteiger partial charge in [-0.3, -0.25) is 4.79 Å². The summed E-state index contributed by atoms with van der Waals surface area (Å²) in [6, 6.07) is 23.2. The molecule has 28 heavy (non-hydrogen) atoms. The summed E-state index contributed by atoms with van der Waals surface area (Å²) in [5.41, 5.74) is 4.08. The first-order valence-electron chi connectivity index (χ1n) is 8.80. The fraction of sp³-hybridized carbons (Fsp3) is 0.0909. The van der Waals surface area contributed by atoms with Crippen LogP contribution in [0.3, 0.4) is 0 Å². The molecule has 2 N–H and O–H groups in total. The van der Waals surface area contributed by atoms with Crippen molar-refractivity contribution in [2.45, 2.75) is 12.2 Å². The number of hydrogen-bond acceptors (Lipinski definition) is 5. The van der Waals surface area contributed by atoms with Crippen LogP contribution >= 0.6 is 0 Å². The number of phenols is 1. The van der Waals surface area contributed by atoms with E-state index in [1.807, 2.05) is 48.5 Å². The number of aromatic hydroxyl groups is 1. The highest BCUT2D eigenvalue weighted by Crippen LogP contribution is 2.39. The van der Waals surface area contributed by atoms with Crippen LogP contribution in [-0.4, -0.2) is 23.3 Å². The molecule has 2 atom stereocenters. The van der Waals surface area contributed by atoms with Gasteiger partial charge >= 0.3 is 0 Å². The summed E-state index contributed by atoms with van der Waals surface area (Å²) in [5.74, 6) is 0.849. The Morgan fingerprint density at radius 3 is 2.25 bits per heavy atom. The predicted octanol–water partition coefficient (Wildman–Crippen LogP) is 3.42. The monoisotopic (exact) mass is 374 g/mol. The van der Waals surface area contributed by atoms with Gasteiger partial charge in [-0.1, -0.05) is 42.5 Å². The maximum atomic E-state index is 12.8. The second-order valence-corrected chi connectivity index (χ2v) is 6.26. The van der Waals surface area contributed by atoms with Crippen molar-refractivity contribution >= 4 is 12.1 Å². The summed E-state index contributed by atoms with van der Waals surface area (Å²) < 4.78 is 12.0. The summed E-state index contributed by atoms with van der Waals surface area (Å²) >= 11 is 0. The molecule has 0 unspecified atom stereocenters. The molecule has 0 aromatic heterocycles. The molecule has 0 fully saturated rings. The Morgan fingerprint density at radius 2 is 1.54 bits per heavy atom. The molecule has 0 radical (unpaired) electrons. The first kappa shape index (κ1) is 17.6. The van der Waals surface area contributed by atoms with Gasteiger partial charge in [0.1, 0.15) is 5.75 Å². The van der Waals surface area contributed by atoms with E-state index in [1.54, 1.807) is 30.3 Å². The van der Waals surface area contributed by atoms with E-state index >= 15 is 0 Å². The van der Waals surface area contributed by atoms with Gasteiger partial charge in [-0.25, -0.2) is 5.43 Å². The third kappa shape index (κ3) is 3.81. The van der Waals surface area contributed by atoms with E-state index in [4.69, 9.17) is 9.47 Å². The summed E-state index contributed by atoms with van der Waals surface area (Å²) in [5, 5.41) is 13.3. The third-order valence-electron chi connectivity index (χ3n) is 4.30. The lowest BCUT2D eigenvalue weighted by Crippen LogP contribution is -2.44. The highest BCUT2D eigenvalue weighted by atomic mass is 16.6. The quantitative estimate of drug-likeness (QED) is 0.542. The smallest absolute Gasteiger partial charge is 0.285 e. The average Bonchev–Trinajstić information content (AvgIpc) is 2.75. The second kappa shape index (κ2) is 7.84. The summed E-state index contributed by atoms with van der Waals surface area (Å²) in [4.78, 5) is 12.8. The van der Waals surface area contributed by atoms with E-state index in [0.717, 1.165) is 11.1 Å². The van der Waals surface area contributed by atoms with E-state index < -0.39 is 18.1 Å². The van der Waals surface area contributed by atoms with E-state index in [1.165, 1.54) is 6.21 Å². The van der Waals surface area contributed by atoms with Gasteiger partial charge in [0.05, 0.1) is 6.21 Å². The van der Waals surface area contributed by atoms with Crippen LogP contribution < -0.4 is 14.9 Å². The Morgan fingerprint density at radius 1 is 0.893 bits per heavy atom. The molecule has 0 saturated carbocycles. The molecule has 0 saturated heterocycles. The Balaban J connectivity index is 1.54. The van der Waals surface area contributed by atoms with Crippen LogP contribution in [0.5, 0.6) is 17.2 Å². The maximum absolute atomic E-state index is 12.8. The Kier molecular flexibility index (Phi) is 4.93. The zero-order valence-electron chi connectivity index (χ0n) is 14.9. The highest BCUT2D eigenvalue weighted by molar-refractivity contribution is 5.85. The summed E-state index contributed by atoms with van der Waals surface area (Å²) in [6.07, 6.45) is 0.00111. The van der Waals surface area contributed by atoms with Crippen molar-refractivity contribution in [2.75, 3.05) is 0 Å². The van der Waals surface area contributed by atoms with Crippen LogP contribution in [0.2, 0.25) is 0 Å². The van der Waals surface area contributed by atoms with E-state index in [0.29, 0.717) is 11.5 Å². The molecule has 0 aliphatic carbocycles. The first-order valence-corrected chi connectivity index (χ1v) is 8.80. The first-order chi connectivity index (χ1) is 13.7. The largest absolute Gasteiger partial charge is 0.508 e. The summed E-state index contributed by atoms with van der Waals surface area (Å²) in [6.45, 7) is 0. The van der Waals surface area contributed by atoms with Crippen molar-refractivity contribution < 1.29 is 19.4 Å². The van der Waals surface area contributed by atoms with E-state index in [2.05, 4.69) is 10.5 Å². The van der Waals surface area contributed by atoms with Gasteiger partial charge in [0, 0.05) is 0 Å². The molecule has 0 spiro atoms. The lowest BCUT2D eigenvalue weighted by atomic mass is 10.0. The van der Waals surface area contributed by atoms with Gasteiger partial charge in [-0.15, -0.1) is 0 Å². The van der Waals surface area contributed by atoms with Gasteiger partial charge in [-0.05, 0) is 47.5 Å². The van der Waals surface area contributed by atoms with Crippen molar-refractivity contribution in [3.05, 3.63) is 90.0 Å². The van der Waals surface area contributed by atoms with Gasteiger partial charge in [-0.2, -0.15) is 5.10 Å². The van der Waals surface area contributed by atoms with Crippen LogP contribution in [0.1, 0.15) is 17.2 Å². The predicted molar refractivity (Wildman–Crippen MR) is 105 cm³/mol. The maximum Gasteiger partial charge on any atom is 0.285 e. The van der Waals surface area contributed by atoms with E-state index in [9.17, 15) is 9.90 Å². The van der Waals surface area contributed by atoms with E-state index in [-0.39, 0.29) is 5.75 Å². The highest BCUT2D eigenvalue weighted by Gasteiger charge is 2.38. The van der Waals surface area contributed by atoms with Crippen LogP contribution in [0.15, 0.2) is 84.0 Å². The van der Waals surface area contributed by atoms with Crippen molar-refractivity contribution in [2.24, 2.45) is 5.10 Å². The Bertz CT molecular complexity index is 987. The van der Waals surface area contributed by atoms with Crippen LogP contribution in [0.25, 0.3) is 0 Å². The average molecular weight is 374 g/mol. The molecule has 6 nitrogen and oxygen atoms in total. The number of para-hydroxylation sites is 2. The minimum absolute atomic E-state index is 0.165. The summed E-state index contributed by atoms with van der Waals surface area (Å²) in [7, 11) is 0. The van der Waals surface area contributed by atoms with Crippen molar-refractivity contribution in [3.8, 4) is 17.2 Å². The van der Waals surface area contributed by atoms with Crippen LogP contribution in [0, 0.1) is 0 Å². The molecule has 1 aliphatic heterocycles. The molecule has 3 aromatic carbocycles. The SMILES string of the molecule is O=C(N/N=C\c1ccc(O)cc1)[C@H]1Oc2ccccc2O[C@H]1c1ccccc1. The van der Waals surface area contributed by atoms with Crippen molar-refractivity contribution in [1.29, 1.82) is 0 Å². The van der Waals surface area contributed by atoms with Gasteiger partial charge < -0.3 is 14.6 Å².